The molecule has 0 saturated carbocycles. The van der Waals surface area contributed by atoms with Crippen LogP contribution in [0.15, 0.2) is 12.4 Å². The fraction of sp³-hybridized carbons (Fsp3) is 0.667. The summed E-state index contributed by atoms with van der Waals surface area (Å²) < 4.78 is 0. The van der Waals surface area contributed by atoms with Crippen molar-refractivity contribution in [1.82, 2.24) is 9.80 Å². The molecule has 0 atom stereocenters. The molecule has 10 heavy (non-hydrogen) atoms. The Balaban J connectivity index is 0. The summed E-state index contributed by atoms with van der Waals surface area (Å²) in [7, 11) is 2.08. The van der Waals surface area contributed by atoms with Crippen LogP contribution in [-0.4, -0.2) is 54.0 Å². The molecule has 1 aliphatic heterocycles. The number of hydrogen-bond acceptors (Lipinski definition) is 2. The molecule has 0 saturated heterocycles. The van der Waals surface area contributed by atoms with Gasteiger partial charge in [-0.3, -0.25) is 0 Å². The molecule has 60 valence electrons. The molecule has 4 heteroatoms. The molecular weight excluding hydrogens is 254 g/mol. The summed E-state index contributed by atoms with van der Waals surface area (Å²) in [6.45, 7) is 4.32. The van der Waals surface area contributed by atoms with Crippen LogP contribution in [0.25, 0.3) is 0 Å². The quantitative estimate of drug-likeness (QED) is 0.627. The molecule has 2 radical (unpaired) electrons. The second-order valence-electron chi connectivity index (χ2n) is 2.10. The molecule has 0 bridgehead atoms. The maximum atomic E-state index is 2.25. The van der Waals surface area contributed by atoms with Gasteiger partial charge in [-0.2, -0.15) is 0 Å². The van der Waals surface area contributed by atoms with Crippen LogP contribution in [0.1, 0.15) is 6.92 Å². The van der Waals surface area contributed by atoms with Crippen LogP contribution in [0, 0.1) is 0 Å². The molecule has 0 aromatic rings. The number of rotatable bonds is 1. The topological polar surface area (TPSA) is 6.48 Å². The van der Waals surface area contributed by atoms with Crippen LogP contribution in [0.3, 0.4) is 0 Å². The minimum absolute atomic E-state index is 0. The van der Waals surface area contributed by atoms with Crippen LogP contribution in [0.5, 0.6) is 0 Å². The average molecular weight is 269 g/mol. The third-order valence-electron chi connectivity index (χ3n) is 1.34. The molecule has 0 amide bonds. The zero-order chi connectivity index (χ0) is 5.98. The van der Waals surface area contributed by atoms with Gasteiger partial charge < -0.3 is 9.80 Å². The predicted octanol–water partition coefficient (Wildman–Crippen LogP) is 0.188. The van der Waals surface area contributed by atoms with Gasteiger partial charge in [0.05, 0.1) is 6.67 Å². The van der Waals surface area contributed by atoms with Gasteiger partial charge in [0.1, 0.15) is 0 Å². The molecule has 1 aliphatic rings. The van der Waals surface area contributed by atoms with Crippen LogP contribution in [0.4, 0.5) is 0 Å². The van der Waals surface area contributed by atoms with Gasteiger partial charge >= 0.3 is 23.9 Å². The van der Waals surface area contributed by atoms with Gasteiger partial charge in [0.2, 0.25) is 0 Å². The summed E-state index contributed by atoms with van der Waals surface area (Å²) >= 11 is 0. The molecule has 0 fully saturated rings. The van der Waals surface area contributed by atoms with E-state index in [9.17, 15) is 0 Å². The number of hydrogen-bond donors (Lipinski definition) is 0. The predicted molar refractivity (Wildman–Crippen MR) is 49.9 cm³/mol. The van der Waals surface area contributed by atoms with Crippen LogP contribution in [0.2, 0.25) is 0 Å². The standard InChI is InChI=1S/C6H12N2.ClH.Sn.2H/c1-3-8-5-4-7(2)6-8;;;;/h4-5H,3,6H2,1-2H3;1H;;;. The second-order valence-corrected chi connectivity index (χ2v) is 2.10. The summed E-state index contributed by atoms with van der Waals surface area (Å²) in [4.78, 5) is 4.41. The minimum atomic E-state index is 0. The van der Waals surface area contributed by atoms with Gasteiger partial charge in [-0.15, -0.1) is 12.4 Å². The van der Waals surface area contributed by atoms with Crippen molar-refractivity contribution in [1.29, 1.82) is 0 Å². The van der Waals surface area contributed by atoms with Crippen LogP contribution < -0.4 is 0 Å². The van der Waals surface area contributed by atoms with E-state index in [-0.39, 0.29) is 36.3 Å². The first kappa shape index (κ1) is 13.1. The zero-order valence-electron chi connectivity index (χ0n) is 6.58. The molecule has 0 N–H and O–H groups in total. The molecule has 0 aromatic heterocycles. The van der Waals surface area contributed by atoms with E-state index in [2.05, 4.69) is 36.2 Å². The Hall–Kier alpha value is 0.429. The van der Waals surface area contributed by atoms with Crippen molar-refractivity contribution < 1.29 is 0 Å². The SMILES string of the molecule is CCN1C=CN(C)C1.Cl.[SnH2]. The first-order chi connectivity index (χ1) is 3.83. The number of halogens is 1. The average Bonchev–Trinajstić information content (AvgIpc) is 2.14. The Morgan fingerprint density at radius 1 is 1.40 bits per heavy atom. The van der Waals surface area contributed by atoms with Gasteiger partial charge in [0.25, 0.3) is 0 Å². The Morgan fingerprint density at radius 3 is 2.20 bits per heavy atom. The van der Waals surface area contributed by atoms with E-state index in [0.29, 0.717) is 0 Å². The summed E-state index contributed by atoms with van der Waals surface area (Å²) in [5, 5.41) is 0. The first-order valence-corrected chi connectivity index (χ1v) is 2.95. The summed E-state index contributed by atoms with van der Waals surface area (Å²) in [6, 6.07) is 0. The van der Waals surface area contributed by atoms with Crippen LogP contribution in [-0.2, 0) is 0 Å². The van der Waals surface area contributed by atoms with Crippen molar-refractivity contribution in [2.75, 3.05) is 20.3 Å². The molecular formula is C6H15ClN2Sn. The van der Waals surface area contributed by atoms with E-state index in [0.717, 1.165) is 13.2 Å². The van der Waals surface area contributed by atoms with Crippen molar-refractivity contribution in [2.24, 2.45) is 0 Å². The van der Waals surface area contributed by atoms with E-state index in [4.69, 9.17) is 0 Å². The van der Waals surface area contributed by atoms with Crippen molar-refractivity contribution in [2.45, 2.75) is 6.92 Å². The Labute approximate surface area is 85.6 Å². The van der Waals surface area contributed by atoms with Crippen LogP contribution >= 0.6 is 12.4 Å². The van der Waals surface area contributed by atoms with E-state index in [1.807, 2.05) is 0 Å². The fourth-order valence-corrected chi connectivity index (χ4v) is 0.794. The molecule has 0 aromatic carbocycles. The van der Waals surface area contributed by atoms with E-state index < -0.39 is 0 Å². The summed E-state index contributed by atoms with van der Waals surface area (Å²) in [5.41, 5.74) is 0. The third kappa shape index (κ3) is 3.56. The van der Waals surface area contributed by atoms with E-state index >= 15 is 0 Å². The molecule has 1 heterocycles. The normalized spacial score (nSPS) is 14.6. The zero-order valence-corrected chi connectivity index (χ0v) is 11.4. The molecule has 1 rings (SSSR count). The third-order valence-corrected chi connectivity index (χ3v) is 1.34. The van der Waals surface area contributed by atoms with Crippen molar-refractivity contribution in [3.63, 3.8) is 0 Å². The monoisotopic (exact) mass is 270 g/mol. The maximum absolute atomic E-state index is 2.25. The van der Waals surface area contributed by atoms with Crippen molar-refractivity contribution >= 4 is 36.3 Å². The molecule has 0 aliphatic carbocycles. The molecule has 0 unspecified atom stereocenters. The molecule has 2 nitrogen and oxygen atoms in total. The Bertz CT molecular complexity index is 108. The summed E-state index contributed by atoms with van der Waals surface area (Å²) in [5.74, 6) is 0. The van der Waals surface area contributed by atoms with Gasteiger partial charge in [0.15, 0.2) is 0 Å². The number of nitrogens with zero attached hydrogens (tertiary/aromatic N) is 2. The van der Waals surface area contributed by atoms with Crippen molar-refractivity contribution in [3.05, 3.63) is 12.4 Å². The van der Waals surface area contributed by atoms with Gasteiger partial charge in [-0.25, -0.2) is 0 Å². The first-order valence-electron chi connectivity index (χ1n) is 2.95. The molecule has 0 spiro atoms. The summed E-state index contributed by atoms with van der Waals surface area (Å²) in [6.07, 6.45) is 4.20. The fourth-order valence-electron chi connectivity index (χ4n) is 0.794. The van der Waals surface area contributed by atoms with Crippen molar-refractivity contribution in [3.8, 4) is 0 Å². The van der Waals surface area contributed by atoms with E-state index in [1.165, 1.54) is 0 Å². The Morgan fingerprint density at radius 2 is 2.00 bits per heavy atom. The van der Waals surface area contributed by atoms with Gasteiger partial charge in [-0.1, -0.05) is 0 Å². The van der Waals surface area contributed by atoms with Gasteiger partial charge in [-0.05, 0) is 6.92 Å². The Kier molecular flexibility index (Phi) is 8.04. The second kappa shape index (κ2) is 6.16. The van der Waals surface area contributed by atoms with E-state index in [1.54, 1.807) is 0 Å². The van der Waals surface area contributed by atoms with Gasteiger partial charge in [0, 0.05) is 26.0 Å².